The Morgan fingerprint density at radius 1 is 1.08 bits per heavy atom. The highest BCUT2D eigenvalue weighted by molar-refractivity contribution is 9.10. The highest BCUT2D eigenvalue weighted by atomic mass is 79.9. The molecule has 1 aromatic heterocycles. The molecule has 0 unspecified atom stereocenters. The van der Waals surface area contributed by atoms with Gasteiger partial charge in [-0.05, 0) is 86.2 Å². The number of rotatable bonds is 7. The van der Waals surface area contributed by atoms with E-state index in [9.17, 15) is 14.4 Å². The first-order chi connectivity index (χ1) is 17.4. The van der Waals surface area contributed by atoms with Crippen molar-refractivity contribution in [2.75, 3.05) is 5.32 Å². The van der Waals surface area contributed by atoms with Crippen molar-refractivity contribution in [2.24, 2.45) is 0 Å². The van der Waals surface area contributed by atoms with Crippen molar-refractivity contribution >= 4 is 33.6 Å². The topological polar surface area (TPSA) is 67.0 Å². The number of nitriles is 1. The highest BCUT2D eigenvalue weighted by Gasteiger charge is 2.14. The summed E-state index contributed by atoms with van der Waals surface area (Å²) in [6.07, 6.45) is 1.60. The molecule has 1 heterocycles. The summed E-state index contributed by atoms with van der Waals surface area (Å²) in [5.41, 5.74) is 4.62. The molecule has 0 aliphatic rings. The van der Waals surface area contributed by atoms with Gasteiger partial charge in [-0.3, -0.25) is 4.79 Å². The number of anilines is 1. The zero-order valence-electron chi connectivity index (χ0n) is 19.8. The number of benzene rings is 3. The van der Waals surface area contributed by atoms with Crippen LogP contribution in [0.2, 0.25) is 0 Å². The fraction of sp³-hybridized carbons (Fsp3) is 0.103. The molecule has 1 amide bonds. The quantitative estimate of drug-likeness (QED) is 0.199. The fourth-order valence-electron chi connectivity index (χ4n) is 3.83. The van der Waals surface area contributed by atoms with E-state index in [4.69, 9.17) is 4.74 Å². The van der Waals surface area contributed by atoms with Crippen LogP contribution in [0.15, 0.2) is 88.9 Å². The maximum absolute atomic E-state index is 13.8. The number of carbonyl (C=O) groups excluding carboxylic acids is 1. The lowest BCUT2D eigenvalue weighted by atomic mass is 10.1. The third kappa shape index (κ3) is 5.73. The van der Waals surface area contributed by atoms with Crippen LogP contribution in [0.1, 0.15) is 22.5 Å². The van der Waals surface area contributed by atoms with Crippen molar-refractivity contribution in [1.29, 1.82) is 5.26 Å². The molecule has 0 radical (unpaired) electrons. The van der Waals surface area contributed by atoms with Gasteiger partial charge in [0.15, 0.2) is 0 Å². The zero-order valence-corrected chi connectivity index (χ0v) is 21.3. The fourth-order valence-corrected chi connectivity index (χ4v) is 4.10. The second-order valence-corrected chi connectivity index (χ2v) is 9.08. The van der Waals surface area contributed by atoms with Crippen LogP contribution in [0.3, 0.4) is 0 Å². The number of halogens is 2. The molecule has 0 aliphatic heterocycles. The van der Waals surface area contributed by atoms with Gasteiger partial charge in [0, 0.05) is 32.8 Å². The Morgan fingerprint density at radius 3 is 2.44 bits per heavy atom. The Morgan fingerprint density at radius 2 is 1.78 bits per heavy atom. The molecule has 36 heavy (non-hydrogen) atoms. The van der Waals surface area contributed by atoms with Crippen molar-refractivity contribution in [3.63, 3.8) is 0 Å². The van der Waals surface area contributed by atoms with Crippen molar-refractivity contribution in [2.45, 2.75) is 20.5 Å². The van der Waals surface area contributed by atoms with Gasteiger partial charge in [-0.15, -0.1) is 0 Å². The van der Waals surface area contributed by atoms with Crippen molar-refractivity contribution < 1.29 is 13.9 Å². The SMILES string of the molecule is Cc1cc(/C=C(/C#N)C(=O)Nc2ccc(Br)cc2)c(C)n1-c1ccc(OCc2ccccc2F)cc1. The molecule has 0 fully saturated rings. The molecular formula is C29H23BrFN3O2. The maximum atomic E-state index is 13.8. The second-order valence-electron chi connectivity index (χ2n) is 8.17. The Bertz CT molecular complexity index is 1470. The van der Waals surface area contributed by atoms with Crippen LogP contribution >= 0.6 is 15.9 Å². The number of nitrogens with zero attached hydrogens (tertiary/aromatic N) is 2. The lowest BCUT2D eigenvalue weighted by Gasteiger charge is -2.12. The normalized spacial score (nSPS) is 11.1. The van der Waals surface area contributed by atoms with E-state index in [0.29, 0.717) is 17.0 Å². The number of hydrogen-bond acceptors (Lipinski definition) is 3. The number of aryl methyl sites for hydroxylation is 1. The number of amides is 1. The summed E-state index contributed by atoms with van der Waals surface area (Å²) in [6, 6.07) is 25.1. The van der Waals surface area contributed by atoms with Gasteiger partial charge >= 0.3 is 0 Å². The first kappa shape index (κ1) is 25.0. The van der Waals surface area contributed by atoms with E-state index < -0.39 is 5.91 Å². The van der Waals surface area contributed by atoms with E-state index in [1.807, 2.05) is 66.9 Å². The molecule has 4 aromatic rings. The molecule has 4 rings (SSSR count). The number of aromatic nitrogens is 1. The van der Waals surface area contributed by atoms with Gasteiger partial charge in [-0.25, -0.2) is 4.39 Å². The van der Waals surface area contributed by atoms with Gasteiger partial charge in [0.1, 0.15) is 29.8 Å². The Kier molecular flexibility index (Phi) is 7.67. The van der Waals surface area contributed by atoms with Gasteiger partial charge < -0.3 is 14.6 Å². The summed E-state index contributed by atoms with van der Waals surface area (Å²) in [5.74, 6) is -0.141. The summed E-state index contributed by atoms with van der Waals surface area (Å²) in [6.45, 7) is 4.03. The average Bonchev–Trinajstić information content (AvgIpc) is 3.16. The highest BCUT2D eigenvalue weighted by Crippen LogP contribution is 2.25. The molecule has 0 aliphatic carbocycles. The maximum Gasteiger partial charge on any atom is 0.266 e. The van der Waals surface area contributed by atoms with Crippen LogP contribution in [0.25, 0.3) is 11.8 Å². The standard InChI is InChI=1S/C29H23BrFN3O2/c1-19-15-22(16-23(17-32)29(35)33-25-9-7-24(30)8-10-25)20(2)34(19)26-11-13-27(14-12-26)36-18-21-5-3-4-6-28(21)31/h3-16H,18H2,1-2H3,(H,33,35)/b23-16-. The van der Waals surface area contributed by atoms with E-state index in [2.05, 4.69) is 21.2 Å². The molecule has 0 bridgehead atoms. The van der Waals surface area contributed by atoms with Crippen LogP contribution in [0, 0.1) is 31.0 Å². The minimum Gasteiger partial charge on any atom is -0.489 e. The smallest absolute Gasteiger partial charge is 0.266 e. The van der Waals surface area contributed by atoms with E-state index in [1.165, 1.54) is 6.07 Å². The van der Waals surface area contributed by atoms with Gasteiger partial charge in [-0.1, -0.05) is 34.1 Å². The average molecular weight is 544 g/mol. The molecule has 180 valence electrons. The number of ether oxygens (including phenoxy) is 1. The van der Waals surface area contributed by atoms with Gasteiger partial charge in [0.05, 0.1) is 0 Å². The third-order valence-electron chi connectivity index (χ3n) is 5.68. The van der Waals surface area contributed by atoms with Crippen LogP contribution in [-0.2, 0) is 11.4 Å². The van der Waals surface area contributed by atoms with Crippen molar-refractivity contribution in [3.8, 4) is 17.5 Å². The predicted octanol–water partition coefficient (Wildman–Crippen LogP) is 7.12. The van der Waals surface area contributed by atoms with Gasteiger partial charge in [0.2, 0.25) is 0 Å². The summed E-state index contributed by atoms with van der Waals surface area (Å²) < 4.78 is 22.5. The molecule has 5 nitrogen and oxygen atoms in total. The minimum absolute atomic E-state index is 0.00932. The van der Waals surface area contributed by atoms with E-state index in [0.717, 1.165) is 27.1 Å². The van der Waals surface area contributed by atoms with Crippen LogP contribution in [0.4, 0.5) is 10.1 Å². The molecule has 0 spiro atoms. The minimum atomic E-state index is -0.471. The van der Waals surface area contributed by atoms with Gasteiger partial charge in [0.25, 0.3) is 5.91 Å². The number of hydrogen-bond donors (Lipinski definition) is 1. The van der Waals surface area contributed by atoms with Crippen LogP contribution in [-0.4, -0.2) is 10.5 Å². The van der Waals surface area contributed by atoms with E-state index in [1.54, 1.807) is 36.4 Å². The van der Waals surface area contributed by atoms with E-state index in [-0.39, 0.29) is 18.0 Å². The van der Waals surface area contributed by atoms with E-state index >= 15 is 0 Å². The Labute approximate surface area is 217 Å². The first-order valence-corrected chi connectivity index (χ1v) is 12.0. The van der Waals surface area contributed by atoms with Crippen LogP contribution in [0.5, 0.6) is 5.75 Å². The summed E-state index contributed by atoms with van der Waals surface area (Å²) >= 11 is 3.36. The largest absolute Gasteiger partial charge is 0.489 e. The Balaban J connectivity index is 1.51. The predicted molar refractivity (Wildman–Crippen MR) is 142 cm³/mol. The number of carbonyl (C=O) groups is 1. The zero-order chi connectivity index (χ0) is 25.7. The number of nitrogens with one attached hydrogen (secondary N) is 1. The van der Waals surface area contributed by atoms with Crippen molar-refractivity contribution in [3.05, 3.63) is 117 Å². The molecule has 0 saturated carbocycles. The molecule has 7 heteroatoms. The molecule has 1 N–H and O–H groups in total. The molecular weight excluding hydrogens is 521 g/mol. The molecule has 3 aromatic carbocycles. The van der Waals surface area contributed by atoms with Crippen molar-refractivity contribution in [1.82, 2.24) is 4.57 Å². The summed E-state index contributed by atoms with van der Waals surface area (Å²) in [4.78, 5) is 12.7. The monoisotopic (exact) mass is 543 g/mol. The Hall–Kier alpha value is -4.15. The summed E-state index contributed by atoms with van der Waals surface area (Å²) in [5, 5.41) is 12.4. The summed E-state index contributed by atoms with van der Waals surface area (Å²) in [7, 11) is 0. The van der Waals surface area contributed by atoms with Crippen LogP contribution < -0.4 is 10.1 Å². The first-order valence-electron chi connectivity index (χ1n) is 11.2. The molecule has 0 atom stereocenters. The van der Waals surface area contributed by atoms with Gasteiger partial charge in [-0.2, -0.15) is 5.26 Å². The lowest BCUT2D eigenvalue weighted by molar-refractivity contribution is -0.112. The lowest BCUT2D eigenvalue weighted by Crippen LogP contribution is -2.13. The second kappa shape index (κ2) is 11.1. The molecule has 0 saturated heterocycles. The third-order valence-corrected chi connectivity index (χ3v) is 6.21.